The number of nitrogens with two attached hydrogens (primary N) is 1. The van der Waals surface area contributed by atoms with E-state index in [0.717, 1.165) is 35.2 Å². The average molecular weight is 349 g/mol. The molecule has 0 aromatic carbocycles. The maximum atomic E-state index is 12.9. The van der Waals surface area contributed by atoms with E-state index < -0.39 is 0 Å². The van der Waals surface area contributed by atoms with Gasteiger partial charge in [0.2, 0.25) is 17.0 Å². The Balaban J connectivity index is 1.66. The predicted octanol–water partition coefficient (Wildman–Crippen LogP) is 0.923. The Labute approximate surface area is 145 Å². The minimum absolute atomic E-state index is 0.158. The van der Waals surface area contributed by atoms with E-state index in [1.54, 1.807) is 0 Å². The summed E-state index contributed by atoms with van der Waals surface area (Å²) in [7, 11) is 1.91. The maximum Gasteiger partial charge on any atom is 0.233 e. The van der Waals surface area contributed by atoms with E-state index in [1.807, 2.05) is 37.4 Å². The van der Waals surface area contributed by atoms with Crippen molar-refractivity contribution in [2.45, 2.75) is 26.7 Å². The standard InChI is InChI=1S/C15H23N7OS/c1-9(12-10(2)18-20(4)11(12)3)13(23)21-5-7-22(8-6-21)15-17-14(16)19-24-15/h9H,5-8H2,1-4H3,(H2,16,19). The molecule has 0 radical (unpaired) electrons. The fraction of sp³-hybridized carbons (Fsp3) is 0.600. The number of aromatic nitrogens is 4. The van der Waals surface area contributed by atoms with Crippen LogP contribution in [0.1, 0.15) is 29.8 Å². The summed E-state index contributed by atoms with van der Waals surface area (Å²) in [6.07, 6.45) is 0. The van der Waals surface area contributed by atoms with Crippen LogP contribution in [0.25, 0.3) is 0 Å². The normalized spacial score (nSPS) is 16.5. The molecule has 3 rings (SSSR count). The number of aryl methyl sites for hydroxylation is 2. The number of carbonyl (C=O) groups excluding carboxylic acids is 1. The van der Waals surface area contributed by atoms with Crippen molar-refractivity contribution in [3.8, 4) is 0 Å². The molecule has 1 atom stereocenters. The second kappa shape index (κ2) is 6.39. The average Bonchev–Trinajstić information content (AvgIpc) is 3.10. The molecule has 2 aromatic rings. The molecular weight excluding hydrogens is 326 g/mol. The highest BCUT2D eigenvalue weighted by atomic mass is 32.1. The monoisotopic (exact) mass is 349 g/mol. The molecule has 1 unspecified atom stereocenters. The molecule has 1 saturated heterocycles. The molecule has 0 saturated carbocycles. The van der Waals surface area contributed by atoms with Crippen molar-refractivity contribution in [1.82, 2.24) is 24.0 Å². The zero-order valence-electron chi connectivity index (χ0n) is 14.5. The van der Waals surface area contributed by atoms with Crippen LogP contribution in [0.3, 0.4) is 0 Å². The number of rotatable bonds is 3. The van der Waals surface area contributed by atoms with Gasteiger partial charge in [0.05, 0.1) is 11.6 Å². The van der Waals surface area contributed by atoms with E-state index in [2.05, 4.69) is 19.4 Å². The molecule has 0 aliphatic carbocycles. The van der Waals surface area contributed by atoms with Crippen LogP contribution >= 0.6 is 11.5 Å². The summed E-state index contributed by atoms with van der Waals surface area (Å²) < 4.78 is 5.85. The molecule has 0 spiro atoms. The van der Waals surface area contributed by atoms with E-state index >= 15 is 0 Å². The second-order valence-electron chi connectivity index (χ2n) is 6.18. The fourth-order valence-electron chi connectivity index (χ4n) is 3.29. The molecule has 2 aromatic heterocycles. The van der Waals surface area contributed by atoms with Crippen LogP contribution in [-0.4, -0.2) is 56.1 Å². The fourth-order valence-corrected chi connectivity index (χ4v) is 3.94. The highest BCUT2D eigenvalue weighted by Crippen LogP contribution is 2.26. The minimum atomic E-state index is -0.178. The summed E-state index contributed by atoms with van der Waals surface area (Å²) in [6, 6.07) is 0. The summed E-state index contributed by atoms with van der Waals surface area (Å²) in [6.45, 7) is 8.80. The van der Waals surface area contributed by atoms with E-state index in [9.17, 15) is 4.79 Å². The zero-order chi connectivity index (χ0) is 17.4. The van der Waals surface area contributed by atoms with Crippen molar-refractivity contribution >= 4 is 28.5 Å². The van der Waals surface area contributed by atoms with Crippen LogP contribution in [0.5, 0.6) is 0 Å². The van der Waals surface area contributed by atoms with Gasteiger partial charge in [-0.15, -0.1) is 0 Å². The molecule has 1 amide bonds. The van der Waals surface area contributed by atoms with Gasteiger partial charge in [-0.1, -0.05) is 0 Å². The summed E-state index contributed by atoms with van der Waals surface area (Å²) in [5.41, 5.74) is 8.61. The summed E-state index contributed by atoms with van der Waals surface area (Å²) in [5, 5.41) is 5.25. The number of hydrogen-bond donors (Lipinski definition) is 1. The number of nitrogens with zero attached hydrogens (tertiary/aromatic N) is 6. The van der Waals surface area contributed by atoms with Gasteiger partial charge in [0.25, 0.3) is 0 Å². The third kappa shape index (κ3) is 2.95. The van der Waals surface area contributed by atoms with Gasteiger partial charge in [-0.25, -0.2) is 0 Å². The van der Waals surface area contributed by atoms with Crippen molar-refractivity contribution in [2.24, 2.45) is 7.05 Å². The first-order chi connectivity index (χ1) is 11.4. The van der Waals surface area contributed by atoms with Crippen molar-refractivity contribution in [3.05, 3.63) is 17.0 Å². The topological polar surface area (TPSA) is 93.2 Å². The lowest BCUT2D eigenvalue weighted by Crippen LogP contribution is -2.49. The quantitative estimate of drug-likeness (QED) is 0.886. The van der Waals surface area contributed by atoms with Crippen LogP contribution in [0.4, 0.5) is 11.1 Å². The van der Waals surface area contributed by atoms with E-state index in [0.29, 0.717) is 19.0 Å². The number of carbonyl (C=O) groups is 1. The Bertz CT molecular complexity index is 745. The number of piperazine rings is 1. The van der Waals surface area contributed by atoms with Gasteiger partial charge in [0, 0.05) is 56.0 Å². The second-order valence-corrected chi connectivity index (χ2v) is 6.91. The van der Waals surface area contributed by atoms with E-state index in [-0.39, 0.29) is 11.8 Å². The number of nitrogen functional groups attached to an aromatic ring is 1. The van der Waals surface area contributed by atoms with Crippen LogP contribution < -0.4 is 10.6 Å². The van der Waals surface area contributed by atoms with Crippen LogP contribution in [0.2, 0.25) is 0 Å². The number of anilines is 2. The third-order valence-electron chi connectivity index (χ3n) is 4.66. The maximum absolute atomic E-state index is 12.9. The molecule has 3 heterocycles. The smallest absolute Gasteiger partial charge is 0.233 e. The van der Waals surface area contributed by atoms with Gasteiger partial charge >= 0.3 is 0 Å². The van der Waals surface area contributed by atoms with Crippen molar-refractivity contribution in [3.63, 3.8) is 0 Å². The highest BCUT2D eigenvalue weighted by molar-refractivity contribution is 7.09. The first-order valence-electron chi connectivity index (χ1n) is 8.01. The van der Waals surface area contributed by atoms with Crippen LogP contribution in [-0.2, 0) is 11.8 Å². The molecule has 9 heteroatoms. The van der Waals surface area contributed by atoms with Crippen molar-refractivity contribution in [1.29, 1.82) is 0 Å². The van der Waals surface area contributed by atoms with Gasteiger partial charge in [0.15, 0.2) is 0 Å². The summed E-state index contributed by atoms with van der Waals surface area (Å²) in [4.78, 5) is 21.2. The van der Waals surface area contributed by atoms with Crippen molar-refractivity contribution < 1.29 is 4.79 Å². The summed E-state index contributed by atoms with van der Waals surface area (Å²) >= 11 is 1.30. The van der Waals surface area contributed by atoms with Gasteiger partial charge < -0.3 is 15.5 Å². The zero-order valence-corrected chi connectivity index (χ0v) is 15.3. The Morgan fingerprint density at radius 1 is 1.25 bits per heavy atom. The molecule has 1 aliphatic rings. The Hall–Kier alpha value is -2.16. The van der Waals surface area contributed by atoms with E-state index in [1.165, 1.54) is 11.5 Å². The van der Waals surface area contributed by atoms with Gasteiger partial charge in [-0.2, -0.15) is 14.5 Å². The SMILES string of the molecule is Cc1nn(C)c(C)c1C(C)C(=O)N1CCN(c2nc(N)ns2)CC1. The molecule has 8 nitrogen and oxygen atoms in total. The lowest BCUT2D eigenvalue weighted by molar-refractivity contribution is -0.132. The Kier molecular flexibility index (Phi) is 4.44. The molecule has 2 N–H and O–H groups in total. The number of hydrogen-bond acceptors (Lipinski definition) is 7. The minimum Gasteiger partial charge on any atom is -0.367 e. The lowest BCUT2D eigenvalue weighted by atomic mass is 9.97. The van der Waals surface area contributed by atoms with Crippen molar-refractivity contribution in [2.75, 3.05) is 36.8 Å². The van der Waals surface area contributed by atoms with Crippen LogP contribution in [0.15, 0.2) is 0 Å². The first-order valence-corrected chi connectivity index (χ1v) is 8.78. The summed E-state index contributed by atoms with van der Waals surface area (Å²) in [5.74, 6) is 0.290. The number of amides is 1. The van der Waals surface area contributed by atoms with Crippen LogP contribution in [0, 0.1) is 13.8 Å². The Morgan fingerprint density at radius 2 is 1.92 bits per heavy atom. The molecule has 1 fully saturated rings. The van der Waals surface area contributed by atoms with Gasteiger partial charge in [-0.3, -0.25) is 9.48 Å². The molecule has 24 heavy (non-hydrogen) atoms. The third-order valence-corrected chi connectivity index (χ3v) is 5.45. The predicted molar refractivity (Wildman–Crippen MR) is 94.2 cm³/mol. The first kappa shape index (κ1) is 16.7. The van der Waals surface area contributed by atoms with Gasteiger partial charge in [0.1, 0.15) is 0 Å². The molecule has 130 valence electrons. The van der Waals surface area contributed by atoms with E-state index in [4.69, 9.17) is 5.73 Å². The molecule has 0 bridgehead atoms. The molecule has 1 aliphatic heterocycles. The lowest BCUT2D eigenvalue weighted by Gasteiger charge is -2.35. The molecular formula is C15H23N7OS. The highest BCUT2D eigenvalue weighted by Gasteiger charge is 2.29. The van der Waals surface area contributed by atoms with Gasteiger partial charge in [-0.05, 0) is 20.8 Å². The Morgan fingerprint density at radius 3 is 2.42 bits per heavy atom. The largest absolute Gasteiger partial charge is 0.367 e.